The fraction of sp³-hybridized carbons (Fsp3) is 0.500. The fourth-order valence-electron chi connectivity index (χ4n) is 7.39. The van der Waals surface area contributed by atoms with Gasteiger partial charge in [-0.25, -0.2) is 9.97 Å². The summed E-state index contributed by atoms with van der Waals surface area (Å²) in [4.78, 5) is 15.1. The monoisotopic (exact) mass is 619 g/mol. The van der Waals surface area contributed by atoms with Gasteiger partial charge in [-0.05, 0) is 86.5 Å². The number of fused-ring (bicyclic) bond motifs is 2. The SMILES string of the molecule is C=Cc1cc2c(N3CCC4(CC3)CNC4)nc(C3CCN(CC)CC3)nc2c(OCC(F)(F)F)c1-c1c(C)ccc2[nH]ncc12. The third-order valence-electron chi connectivity index (χ3n) is 10.2. The predicted octanol–water partition coefficient (Wildman–Crippen LogP) is 6.45. The summed E-state index contributed by atoms with van der Waals surface area (Å²) in [7, 11) is 0. The number of anilines is 1. The summed E-state index contributed by atoms with van der Waals surface area (Å²) in [6, 6.07) is 5.86. The summed E-state index contributed by atoms with van der Waals surface area (Å²) in [5.41, 5.74) is 4.39. The van der Waals surface area contributed by atoms with Crippen molar-refractivity contribution in [3.8, 4) is 16.9 Å². The lowest BCUT2D eigenvalue weighted by molar-refractivity contribution is -0.153. The molecule has 3 aliphatic heterocycles. The minimum absolute atomic E-state index is 0.111. The van der Waals surface area contributed by atoms with Crippen molar-refractivity contribution in [1.82, 2.24) is 30.4 Å². The second kappa shape index (κ2) is 11.6. The number of benzene rings is 2. The van der Waals surface area contributed by atoms with E-state index in [-0.39, 0.29) is 11.7 Å². The number of alkyl halides is 3. The van der Waals surface area contributed by atoms with Gasteiger partial charge in [0.15, 0.2) is 12.4 Å². The van der Waals surface area contributed by atoms with Gasteiger partial charge < -0.3 is 19.9 Å². The van der Waals surface area contributed by atoms with Gasteiger partial charge in [0.25, 0.3) is 0 Å². The van der Waals surface area contributed by atoms with Crippen LogP contribution in [-0.2, 0) is 0 Å². The molecule has 2 aromatic carbocycles. The van der Waals surface area contributed by atoms with E-state index in [1.807, 2.05) is 25.1 Å². The van der Waals surface area contributed by atoms with Crippen LogP contribution in [0.1, 0.15) is 55.5 Å². The quantitative estimate of drug-likeness (QED) is 0.246. The average molecular weight is 620 g/mol. The minimum Gasteiger partial charge on any atom is -0.481 e. The molecule has 3 aliphatic rings. The lowest BCUT2D eigenvalue weighted by atomic mass is 9.73. The van der Waals surface area contributed by atoms with Gasteiger partial charge in [0.05, 0.1) is 11.7 Å². The molecular formula is C34H40F3N7O. The summed E-state index contributed by atoms with van der Waals surface area (Å²) < 4.78 is 47.4. The number of nitrogens with one attached hydrogen (secondary N) is 2. The van der Waals surface area contributed by atoms with Crippen LogP contribution < -0.4 is 15.0 Å². The summed E-state index contributed by atoms with van der Waals surface area (Å²) in [5, 5.41) is 12.2. The molecule has 1 spiro atoms. The Kier molecular flexibility index (Phi) is 7.72. The third kappa shape index (κ3) is 5.54. The number of likely N-dealkylation sites (tertiary alicyclic amines) is 1. The number of ether oxygens (including phenoxy) is 1. The molecule has 3 fully saturated rings. The first kappa shape index (κ1) is 30.0. The molecule has 238 valence electrons. The number of piperidine rings is 2. The molecule has 0 unspecified atom stereocenters. The normalized spacial score (nSPS) is 19.4. The van der Waals surface area contributed by atoms with Crippen molar-refractivity contribution < 1.29 is 17.9 Å². The Balaban J connectivity index is 1.47. The molecule has 0 atom stereocenters. The van der Waals surface area contributed by atoms with E-state index >= 15 is 0 Å². The van der Waals surface area contributed by atoms with Gasteiger partial charge in [0.2, 0.25) is 0 Å². The molecule has 4 aromatic rings. The molecule has 45 heavy (non-hydrogen) atoms. The average Bonchev–Trinajstić information content (AvgIpc) is 3.51. The second-order valence-corrected chi connectivity index (χ2v) is 13.0. The van der Waals surface area contributed by atoms with Gasteiger partial charge in [-0.2, -0.15) is 18.3 Å². The van der Waals surface area contributed by atoms with Gasteiger partial charge in [0, 0.05) is 48.4 Å². The lowest BCUT2D eigenvalue weighted by Crippen LogP contribution is -2.58. The molecule has 11 heteroatoms. The highest BCUT2D eigenvalue weighted by Gasteiger charge is 2.40. The number of nitrogens with zero attached hydrogens (tertiary/aromatic N) is 5. The number of halogens is 3. The summed E-state index contributed by atoms with van der Waals surface area (Å²) in [6.45, 7) is 13.4. The molecule has 0 saturated carbocycles. The highest BCUT2D eigenvalue weighted by atomic mass is 19.4. The van der Waals surface area contributed by atoms with E-state index < -0.39 is 12.8 Å². The van der Waals surface area contributed by atoms with Gasteiger partial charge in [-0.15, -0.1) is 0 Å². The maximum absolute atomic E-state index is 13.9. The zero-order valence-electron chi connectivity index (χ0n) is 25.9. The van der Waals surface area contributed by atoms with Gasteiger partial charge in [-0.1, -0.05) is 25.6 Å². The Hall–Kier alpha value is -3.70. The van der Waals surface area contributed by atoms with Crippen LogP contribution in [0.5, 0.6) is 5.75 Å². The third-order valence-corrected chi connectivity index (χ3v) is 10.2. The molecule has 0 aliphatic carbocycles. The number of aryl methyl sites for hydroxylation is 1. The summed E-state index contributed by atoms with van der Waals surface area (Å²) in [6.07, 6.45) is 2.75. The van der Waals surface area contributed by atoms with E-state index in [1.54, 1.807) is 12.3 Å². The number of aromatic nitrogens is 4. The molecule has 2 N–H and O–H groups in total. The highest BCUT2D eigenvalue weighted by molar-refractivity contribution is 6.07. The molecule has 8 nitrogen and oxygen atoms in total. The Morgan fingerprint density at radius 3 is 2.47 bits per heavy atom. The molecule has 7 rings (SSSR count). The molecule has 0 bridgehead atoms. The van der Waals surface area contributed by atoms with E-state index in [0.717, 1.165) is 99.3 Å². The van der Waals surface area contributed by atoms with Crippen molar-refractivity contribution >= 4 is 33.7 Å². The van der Waals surface area contributed by atoms with Crippen LogP contribution >= 0.6 is 0 Å². The van der Waals surface area contributed by atoms with Crippen LogP contribution in [0.2, 0.25) is 0 Å². The topological polar surface area (TPSA) is 82.2 Å². The number of hydrogen-bond donors (Lipinski definition) is 2. The van der Waals surface area contributed by atoms with Crippen LogP contribution in [-0.4, -0.2) is 83.7 Å². The molecule has 0 radical (unpaired) electrons. The highest BCUT2D eigenvalue weighted by Crippen LogP contribution is 2.47. The number of hydrogen-bond acceptors (Lipinski definition) is 7. The van der Waals surface area contributed by atoms with Crippen molar-refractivity contribution in [1.29, 1.82) is 0 Å². The fourth-order valence-corrected chi connectivity index (χ4v) is 7.39. The first-order valence-corrected chi connectivity index (χ1v) is 16.0. The number of aromatic amines is 1. The zero-order valence-corrected chi connectivity index (χ0v) is 25.9. The van der Waals surface area contributed by atoms with E-state index in [2.05, 4.69) is 38.8 Å². The first-order chi connectivity index (χ1) is 21.7. The minimum atomic E-state index is -4.53. The Bertz CT molecular complexity index is 1730. The van der Waals surface area contributed by atoms with E-state index in [1.165, 1.54) is 0 Å². The summed E-state index contributed by atoms with van der Waals surface area (Å²) in [5.74, 6) is 1.69. The lowest BCUT2D eigenvalue weighted by Gasteiger charge is -2.48. The Labute approximate surface area is 261 Å². The van der Waals surface area contributed by atoms with Crippen LogP contribution in [0, 0.1) is 12.3 Å². The van der Waals surface area contributed by atoms with Crippen LogP contribution in [0.3, 0.4) is 0 Å². The molecule has 5 heterocycles. The van der Waals surface area contributed by atoms with Crippen molar-refractivity contribution in [2.75, 3.05) is 57.3 Å². The van der Waals surface area contributed by atoms with Crippen molar-refractivity contribution in [2.24, 2.45) is 5.41 Å². The second-order valence-electron chi connectivity index (χ2n) is 13.0. The number of H-pyrrole nitrogens is 1. The first-order valence-electron chi connectivity index (χ1n) is 16.0. The van der Waals surface area contributed by atoms with Crippen LogP contribution in [0.4, 0.5) is 19.0 Å². The standard InChI is InChI=1S/C34H40F3N7O/c1-4-22-16-24-29(30(45-20-34(35,36)37)28(22)27-21(3)6-7-26-25(27)17-39-42-26)40-31(23-8-12-43(5-2)13-9-23)41-32(24)44-14-10-33(11-15-44)18-38-19-33/h4,6-7,16-17,23,38H,1,5,8-15,18-20H2,2-3H3,(H,39,42). The number of rotatable bonds is 7. The molecule has 2 aromatic heterocycles. The Morgan fingerprint density at radius 2 is 1.82 bits per heavy atom. The largest absolute Gasteiger partial charge is 0.481 e. The van der Waals surface area contributed by atoms with Gasteiger partial charge in [0.1, 0.15) is 17.2 Å². The van der Waals surface area contributed by atoms with Crippen LogP contribution in [0.25, 0.3) is 39.0 Å². The molecule has 3 saturated heterocycles. The van der Waals surface area contributed by atoms with Gasteiger partial charge in [-0.3, -0.25) is 5.10 Å². The molecular weight excluding hydrogens is 579 g/mol. The Morgan fingerprint density at radius 1 is 1.07 bits per heavy atom. The molecule has 0 amide bonds. The predicted molar refractivity (Wildman–Crippen MR) is 172 cm³/mol. The van der Waals surface area contributed by atoms with E-state index in [0.29, 0.717) is 33.3 Å². The van der Waals surface area contributed by atoms with Gasteiger partial charge >= 0.3 is 6.18 Å². The summed E-state index contributed by atoms with van der Waals surface area (Å²) >= 11 is 0. The van der Waals surface area contributed by atoms with E-state index in [9.17, 15) is 13.2 Å². The van der Waals surface area contributed by atoms with Crippen molar-refractivity contribution in [3.05, 3.63) is 47.9 Å². The van der Waals surface area contributed by atoms with E-state index in [4.69, 9.17) is 14.7 Å². The van der Waals surface area contributed by atoms with Crippen LogP contribution in [0.15, 0.2) is 31.0 Å². The van der Waals surface area contributed by atoms with Crippen molar-refractivity contribution in [3.63, 3.8) is 0 Å². The maximum Gasteiger partial charge on any atom is 0.422 e. The smallest absolute Gasteiger partial charge is 0.422 e. The van der Waals surface area contributed by atoms with Crippen molar-refractivity contribution in [2.45, 2.75) is 51.6 Å². The zero-order chi connectivity index (χ0) is 31.3. The maximum atomic E-state index is 13.9.